The van der Waals surface area contributed by atoms with Gasteiger partial charge in [0.1, 0.15) is 5.82 Å². The Balaban J connectivity index is 1.57. The second-order valence-corrected chi connectivity index (χ2v) is 4.98. The number of nitrogens with one attached hydrogen (secondary N) is 1. The van der Waals surface area contributed by atoms with E-state index in [1.54, 1.807) is 40.3 Å². The molecule has 1 N–H and O–H groups in total. The fraction of sp³-hybridized carbons (Fsp3) is 0.357. The fourth-order valence-electron chi connectivity index (χ4n) is 2.47. The molecule has 1 aliphatic heterocycles. The monoisotopic (exact) mass is 289 g/mol. The van der Waals surface area contributed by atoms with Crippen LogP contribution >= 0.6 is 0 Å². The first-order valence-electron chi connectivity index (χ1n) is 6.90. The predicted molar refractivity (Wildman–Crippen MR) is 75.3 cm³/mol. The summed E-state index contributed by atoms with van der Waals surface area (Å²) in [7, 11) is 0. The van der Waals surface area contributed by atoms with Gasteiger partial charge < -0.3 is 10.2 Å². The molecule has 2 aromatic rings. The molecule has 3 rings (SSSR count). The summed E-state index contributed by atoms with van der Waals surface area (Å²) < 4.78 is 13.5. The molecule has 7 heteroatoms. The molecule has 0 spiro atoms. The Labute approximate surface area is 121 Å². The van der Waals surface area contributed by atoms with Gasteiger partial charge in [0.05, 0.1) is 24.1 Å². The van der Waals surface area contributed by atoms with Crippen molar-refractivity contribution in [2.45, 2.75) is 18.9 Å². The van der Waals surface area contributed by atoms with E-state index in [1.165, 1.54) is 6.07 Å². The van der Waals surface area contributed by atoms with E-state index in [2.05, 4.69) is 15.5 Å². The normalized spacial score (nSPS) is 16.0. The van der Waals surface area contributed by atoms with Gasteiger partial charge in [-0.2, -0.15) is 15.0 Å². The van der Waals surface area contributed by atoms with Gasteiger partial charge in [-0.05, 0) is 25.0 Å². The van der Waals surface area contributed by atoms with Gasteiger partial charge in [-0.3, -0.25) is 0 Å². The van der Waals surface area contributed by atoms with Gasteiger partial charge in [-0.1, -0.05) is 12.1 Å². The van der Waals surface area contributed by atoms with Crippen molar-refractivity contribution in [2.75, 3.05) is 18.4 Å². The van der Waals surface area contributed by atoms with Gasteiger partial charge >= 0.3 is 6.03 Å². The smallest absolute Gasteiger partial charge is 0.321 e. The summed E-state index contributed by atoms with van der Waals surface area (Å²) in [5, 5.41) is 10.9. The lowest BCUT2D eigenvalue weighted by Gasteiger charge is -2.31. The number of hydrogen-bond donors (Lipinski definition) is 1. The number of anilines is 1. The number of likely N-dealkylation sites (tertiary alicyclic amines) is 1. The molecule has 110 valence electrons. The standard InChI is InChI=1S/C14H16FN5O/c15-12-3-1-2-4-13(12)18-14(21)19-9-5-11(6-10-19)20-16-7-8-17-20/h1-4,7-8,11H,5-6,9-10H2,(H,18,21). The summed E-state index contributed by atoms with van der Waals surface area (Å²) in [6.07, 6.45) is 4.88. The molecular formula is C14H16FN5O. The van der Waals surface area contributed by atoms with E-state index in [0.717, 1.165) is 12.8 Å². The molecule has 21 heavy (non-hydrogen) atoms. The molecule has 1 fully saturated rings. The van der Waals surface area contributed by atoms with Crippen LogP contribution in [0.2, 0.25) is 0 Å². The van der Waals surface area contributed by atoms with Crippen molar-refractivity contribution < 1.29 is 9.18 Å². The Morgan fingerprint density at radius 1 is 1.19 bits per heavy atom. The summed E-state index contributed by atoms with van der Waals surface area (Å²) in [6, 6.07) is 6.10. The first kappa shape index (κ1) is 13.5. The quantitative estimate of drug-likeness (QED) is 0.922. The van der Waals surface area contributed by atoms with E-state index < -0.39 is 5.82 Å². The van der Waals surface area contributed by atoms with Crippen LogP contribution in [-0.2, 0) is 0 Å². The van der Waals surface area contributed by atoms with Crippen LogP contribution in [0.4, 0.5) is 14.9 Å². The Morgan fingerprint density at radius 3 is 2.52 bits per heavy atom. The van der Waals surface area contributed by atoms with Crippen molar-refractivity contribution in [2.24, 2.45) is 0 Å². The van der Waals surface area contributed by atoms with Crippen LogP contribution in [0.3, 0.4) is 0 Å². The van der Waals surface area contributed by atoms with E-state index >= 15 is 0 Å². The molecule has 0 aliphatic carbocycles. The Hall–Kier alpha value is -2.44. The van der Waals surface area contributed by atoms with Gasteiger partial charge in [0.25, 0.3) is 0 Å². The highest BCUT2D eigenvalue weighted by atomic mass is 19.1. The van der Waals surface area contributed by atoms with Crippen LogP contribution in [0.1, 0.15) is 18.9 Å². The number of rotatable bonds is 2. The Morgan fingerprint density at radius 2 is 1.86 bits per heavy atom. The van der Waals surface area contributed by atoms with Crippen molar-refractivity contribution in [3.05, 3.63) is 42.5 Å². The van der Waals surface area contributed by atoms with Gasteiger partial charge in [0.2, 0.25) is 0 Å². The van der Waals surface area contributed by atoms with Crippen molar-refractivity contribution >= 4 is 11.7 Å². The number of benzene rings is 1. The summed E-state index contributed by atoms with van der Waals surface area (Å²) in [5.74, 6) is -0.429. The van der Waals surface area contributed by atoms with Crippen LogP contribution < -0.4 is 5.32 Å². The number of hydrogen-bond acceptors (Lipinski definition) is 3. The largest absolute Gasteiger partial charge is 0.324 e. The zero-order valence-corrected chi connectivity index (χ0v) is 11.4. The zero-order chi connectivity index (χ0) is 14.7. The maximum atomic E-state index is 13.5. The van der Waals surface area contributed by atoms with Gasteiger partial charge in [-0.15, -0.1) is 0 Å². The number of amides is 2. The highest BCUT2D eigenvalue weighted by molar-refractivity contribution is 5.89. The van der Waals surface area contributed by atoms with Crippen LogP contribution in [-0.4, -0.2) is 39.0 Å². The zero-order valence-electron chi connectivity index (χ0n) is 11.4. The molecule has 6 nitrogen and oxygen atoms in total. The minimum absolute atomic E-state index is 0.207. The molecule has 0 radical (unpaired) electrons. The molecule has 2 heterocycles. The highest BCUT2D eigenvalue weighted by Crippen LogP contribution is 2.21. The van der Waals surface area contributed by atoms with Crippen LogP contribution in [0.25, 0.3) is 0 Å². The lowest BCUT2D eigenvalue weighted by Crippen LogP contribution is -2.41. The van der Waals surface area contributed by atoms with E-state index in [1.807, 2.05) is 0 Å². The SMILES string of the molecule is O=C(Nc1ccccc1F)N1CCC(n2nccn2)CC1. The average Bonchev–Trinajstić information content (AvgIpc) is 3.04. The summed E-state index contributed by atoms with van der Waals surface area (Å²) in [6.45, 7) is 1.21. The highest BCUT2D eigenvalue weighted by Gasteiger charge is 2.25. The molecule has 0 bridgehead atoms. The third kappa shape index (κ3) is 3.01. The van der Waals surface area contributed by atoms with Crippen molar-refractivity contribution in [1.82, 2.24) is 19.9 Å². The average molecular weight is 289 g/mol. The Bertz CT molecular complexity index is 608. The molecular weight excluding hydrogens is 273 g/mol. The number of nitrogens with zero attached hydrogens (tertiary/aromatic N) is 4. The number of para-hydroxylation sites is 1. The predicted octanol–water partition coefficient (Wildman–Crippen LogP) is 2.29. The molecule has 1 aromatic heterocycles. The third-order valence-corrected chi connectivity index (χ3v) is 3.63. The number of carbonyl (C=O) groups excluding carboxylic acids is 1. The van der Waals surface area contributed by atoms with Crippen molar-refractivity contribution in [3.8, 4) is 0 Å². The maximum absolute atomic E-state index is 13.5. The topological polar surface area (TPSA) is 63.1 Å². The molecule has 0 unspecified atom stereocenters. The van der Waals surface area contributed by atoms with Crippen LogP contribution in [0.5, 0.6) is 0 Å². The van der Waals surface area contributed by atoms with E-state index in [0.29, 0.717) is 13.1 Å². The maximum Gasteiger partial charge on any atom is 0.321 e. The number of piperidine rings is 1. The van der Waals surface area contributed by atoms with Crippen LogP contribution in [0, 0.1) is 5.82 Å². The molecule has 2 amide bonds. The summed E-state index contributed by atoms with van der Waals surface area (Å²) in [4.78, 5) is 15.5. The molecule has 1 aliphatic rings. The number of carbonyl (C=O) groups is 1. The number of halogens is 1. The second kappa shape index (κ2) is 5.90. The Kier molecular flexibility index (Phi) is 3.81. The summed E-state index contributed by atoms with van der Waals surface area (Å²) in [5.41, 5.74) is 0.207. The molecule has 0 atom stereocenters. The van der Waals surface area contributed by atoms with Gasteiger partial charge in [-0.25, -0.2) is 9.18 Å². The fourth-order valence-corrected chi connectivity index (χ4v) is 2.47. The molecule has 1 aromatic carbocycles. The third-order valence-electron chi connectivity index (χ3n) is 3.63. The van der Waals surface area contributed by atoms with E-state index in [4.69, 9.17) is 0 Å². The number of aromatic nitrogens is 3. The first-order chi connectivity index (χ1) is 10.2. The van der Waals surface area contributed by atoms with Gasteiger partial charge in [0, 0.05) is 13.1 Å². The van der Waals surface area contributed by atoms with Gasteiger partial charge in [0.15, 0.2) is 0 Å². The van der Waals surface area contributed by atoms with E-state index in [-0.39, 0.29) is 17.8 Å². The van der Waals surface area contributed by atoms with E-state index in [9.17, 15) is 9.18 Å². The van der Waals surface area contributed by atoms with Crippen molar-refractivity contribution in [1.29, 1.82) is 0 Å². The lowest BCUT2D eigenvalue weighted by molar-refractivity contribution is 0.175. The first-order valence-corrected chi connectivity index (χ1v) is 6.90. The minimum Gasteiger partial charge on any atom is -0.324 e. The van der Waals surface area contributed by atoms with Crippen molar-refractivity contribution in [3.63, 3.8) is 0 Å². The van der Waals surface area contributed by atoms with Crippen LogP contribution in [0.15, 0.2) is 36.7 Å². The minimum atomic E-state index is -0.429. The second-order valence-electron chi connectivity index (χ2n) is 4.98. The molecule has 0 saturated carbocycles. The number of urea groups is 1. The lowest BCUT2D eigenvalue weighted by atomic mass is 10.1. The summed E-state index contributed by atoms with van der Waals surface area (Å²) >= 11 is 0. The molecule has 1 saturated heterocycles.